The maximum atomic E-state index is 11.1. The highest BCUT2D eigenvalue weighted by molar-refractivity contribution is 7.12. The molecule has 0 aliphatic rings. The number of rotatable bonds is 2. The van der Waals surface area contributed by atoms with Gasteiger partial charge in [-0.15, -0.1) is 11.3 Å². The zero-order chi connectivity index (χ0) is 9.97. The summed E-state index contributed by atoms with van der Waals surface area (Å²) in [4.78, 5) is 11.1. The molecule has 0 unspecified atom stereocenters. The van der Waals surface area contributed by atoms with Crippen molar-refractivity contribution >= 4 is 17.2 Å². The van der Waals surface area contributed by atoms with Crippen LogP contribution in [0.3, 0.4) is 0 Å². The molecule has 0 saturated carbocycles. The van der Waals surface area contributed by atoms with Crippen LogP contribution in [0.4, 0.5) is 0 Å². The summed E-state index contributed by atoms with van der Waals surface area (Å²) in [6.45, 7) is 0. The van der Waals surface area contributed by atoms with Gasteiger partial charge >= 0.3 is 0 Å². The molecule has 6 heteroatoms. The Labute approximate surface area is 84.1 Å². The fourth-order valence-corrected chi connectivity index (χ4v) is 1.71. The van der Waals surface area contributed by atoms with Gasteiger partial charge in [-0.1, -0.05) is 0 Å². The van der Waals surface area contributed by atoms with E-state index in [1.165, 1.54) is 6.20 Å². The third kappa shape index (κ3) is 1.52. The van der Waals surface area contributed by atoms with E-state index >= 15 is 0 Å². The highest BCUT2D eigenvalue weighted by Crippen LogP contribution is 2.14. The van der Waals surface area contributed by atoms with Gasteiger partial charge in [0, 0.05) is 6.20 Å². The SMILES string of the molecule is NNC(=O)c1cnn(-c2cccs2)c1. The van der Waals surface area contributed by atoms with Crippen LogP contribution in [0.5, 0.6) is 0 Å². The van der Waals surface area contributed by atoms with E-state index < -0.39 is 0 Å². The van der Waals surface area contributed by atoms with E-state index in [2.05, 4.69) is 10.5 Å². The van der Waals surface area contributed by atoms with Crippen LogP contribution >= 0.6 is 11.3 Å². The average molecular weight is 208 g/mol. The van der Waals surface area contributed by atoms with Gasteiger partial charge in [0.05, 0.1) is 11.8 Å². The van der Waals surface area contributed by atoms with E-state index in [9.17, 15) is 4.79 Å². The fraction of sp³-hybridized carbons (Fsp3) is 0. The molecule has 0 aliphatic carbocycles. The molecule has 0 atom stereocenters. The Morgan fingerprint density at radius 2 is 2.50 bits per heavy atom. The van der Waals surface area contributed by atoms with E-state index in [0.717, 1.165) is 5.00 Å². The molecular weight excluding hydrogens is 200 g/mol. The molecule has 1 amide bonds. The van der Waals surface area contributed by atoms with Crippen molar-refractivity contribution in [2.75, 3.05) is 0 Å². The van der Waals surface area contributed by atoms with Crippen LogP contribution in [-0.4, -0.2) is 15.7 Å². The first-order chi connectivity index (χ1) is 6.81. The topological polar surface area (TPSA) is 72.9 Å². The fourth-order valence-electron chi connectivity index (χ4n) is 1.04. The van der Waals surface area contributed by atoms with Crippen LogP contribution in [0.2, 0.25) is 0 Å². The van der Waals surface area contributed by atoms with E-state index in [1.807, 2.05) is 17.5 Å². The number of hydrogen-bond donors (Lipinski definition) is 2. The van der Waals surface area contributed by atoms with Crippen LogP contribution in [-0.2, 0) is 0 Å². The van der Waals surface area contributed by atoms with Gasteiger partial charge in [-0.25, -0.2) is 10.5 Å². The van der Waals surface area contributed by atoms with Gasteiger partial charge < -0.3 is 0 Å². The number of nitrogen functional groups attached to an aromatic ring is 1. The highest BCUT2D eigenvalue weighted by Gasteiger charge is 2.07. The molecule has 0 aliphatic heterocycles. The first-order valence-corrected chi connectivity index (χ1v) is 4.78. The second-order valence-corrected chi connectivity index (χ2v) is 3.52. The van der Waals surface area contributed by atoms with E-state index in [0.29, 0.717) is 5.56 Å². The van der Waals surface area contributed by atoms with Crippen molar-refractivity contribution in [2.24, 2.45) is 5.84 Å². The predicted octanol–water partition coefficient (Wildman–Crippen LogP) is 0.537. The van der Waals surface area contributed by atoms with Crippen LogP contribution in [0.1, 0.15) is 10.4 Å². The zero-order valence-electron chi connectivity index (χ0n) is 7.18. The molecule has 0 saturated heterocycles. The maximum Gasteiger partial charge on any atom is 0.268 e. The van der Waals surface area contributed by atoms with Gasteiger partial charge in [-0.05, 0) is 17.5 Å². The summed E-state index contributed by atoms with van der Waals surface area (Å²) in [7, 11) is 0. The van der Waals surface area contributed by atoms with Crippen molar-refractivity contribution in [2.45, 2.75) is 0 Å². The minimum Gasteiger partial charge on any atom is -0.290 e. The molecule has 2 aromatic heterocycles. The standard InChI is InChI=1S/C8H8N4OS/c9-11-8(13)6-4-10-12(5-6)7-2-1-3-14-7/h1-5H,9H2,(H,11,13). The molecule has 0 aromatic carbocycles. The first kappa shape index (κ1) is 8.92. The molecule has 2 rings (SSSR count). The summed E-state index contributed by atoms with van der Waals surface area (Å²) >= 11 is 1.55. The second-order valence-electron chi connectivity index (χ2n) is 2.60. The Morgan fingerprint density at radius 1 is 1.64 bits per heavy atom. The quantitative estimate of drug-likeness (QED) is 0.429. The molecule has 0 bridgehead atoms. The number of carbonyl (C=O) groups is 1. The van der Waals surface area contributed by atoms with Crippen molar-refractivity contribution in [3.05, 3.63) is 35.5 Å². The monoisotopic (exact) mass is 208 g/mol. The smallest absolute Gasteiger partial charge is 0.268 e. The summed E-state index contributed by atoms with van der Waals surface area (Å²) in [5.41, 5.74) is 2.50. The molecule has 2 heterocycles. The summed E-state index contributed by atoms with van der Waals surface area (Å²) in [5, 5.41) is 6.94. The lowest BCUT2D eigenvalue weighted by atomic mass is 10.3. The summed E-state index contributed by atoms with van der Waals surface area (Å²) < 4.78 is 1.63. The summed E-state index contributed by atoms with van der Waals surface area (Å²) in [6.07, 6.45) is 3.11. The first-order valence-electron chi connectivity index (χ1n) is 3.91. The van der Waals surface area contributed by atoms with E-state index in [4.69, 9.17) is 5.84 Å². The van der Waals surface area contributed by atoms with Crippen molar-refractivity contribution in [3.63, 3.8) is 0 Å². The van der Waals surface area contributed by atoms with Crippen molar-refractivity contribution in [3.8, 4) is 5.00 Å². The Morgan fingerprint density at radius 3 is 3.14 bits per heavy atom. The number of aromatic nitrogens is 2. The number of nitrogens with one attached hydrogen (secondary N) is 1. The molecule has 0 spiro atoms. The number of hydrazine groups is 1. The third-order valence-electron chi connectivity index (χ3n) is 1.71. The van der Waals surface area contributed by atoms with Gasteiger partial charge in [0.1, 0.15) is 5.00 Å². The van der Waals surface area contributed by atoms with E-state index in [1.54, 1.807) is 22.2 Å². The molecule has 2 aromatic rings. The number of amides is 1. The molecule has 14 heavy (non-hydrogen) atoms. The van der Waals surface area contributed by atoms with Crippen LogP contribution in [0.15, 0.2) is 29.9 Å². The normalized spacial score (nSPS) is 10.1. The van der Waals surface area contributed by atoms with Crippen molar-refractivity contribution < 1.29 is 4.79 Å². The van der Waals surface area contributed by atoms with Gasteiger partial charge in [0.25, 0.3) is 5.91 Å². The third-order valence-corrected chi connectivity index (χ3v) is 2.57. The number of carbonyl (C=O) groups excluding carboxylic acids is 1. The van der Waals surface area contributed by atoms with E-state index in [-0.39, 0.29) is 5.91 Å². The molecule has 72 valence electrons. The Balaban J connectivity index is 2.31. The Kier molecular flexibility index (Phi) is 2.30. The molecule has 3 N–H and O–H groups in total. The maximum absolute atomic E-state index is 11.1. The Hall–Kier alpha value is -1.66. The van der Waals surface area contributed by atoms with Gasteiger partial charge in [0.15, 0.2) is 0 Å². The molecular formula is C8H8N4OS. The lowest BCUT2D eigenvalue weighted by Gasteiger charge is -1.94. The number of nitrogens with zero attached hydrogens (tertiary/aromatic N) is 2. The Bertz CT molecular complexity index is 434. The van der Waals surface area contributed by atoms with Crippen LogP contribution < -0.4 is 11.3 Å². The van der Waals surface area contributed by atoms with Crippen molar-refractivity contribution in [1.82, 2.24) is 15.2 Å². The lowest BCUT2D eigenvalue weighted by molar-refractivity contribution is 0.0953. The highest BCUT2D eigenvalue weighted by atomic mass is 32.1. The second kappa shape index (κ2) is 3.60. The van der Waals surface area contributed by atoms with Crippen LogP contribution in [0, 0.1) is 0 Å². The summed E-state index contributed by atoms with van der Waals surface area (Å²) in [6, 6.07) is 3.84. The summed E-state index contributed by atoms with van der Waals surface area (Å²) in [5.74, 6) is 4.66. The zero-order valence-corrected chi connectivity index (χ0v) is 7.99. The molecule has 5 nitrogen and oxygen atoms in total. The minimum absolute atomic E-state index is 0.340. The average Bonchev–Trinajstić information content (AvgIpc) is 2.86. The lowest BCUT2D eigenvalue weighted by Crippen LogP contribution is -2.29. The van der Waals surface area contributed by atoms with Gasteiger partial charge in [0.2, 0.25) is 0 Å². The number of nitrogens with two attached hydrogens (primary N) is 1. The van der Waals surface area contributed by atoms with Gasteiger partial charge in [-0.3, -0.25) is 10.2 Å². The number of hydrogen-bond acceptors (Lipinski definition) is 4. The van der Waals surface area contributed by atoms with Crippen molar-refractivity contribution in [1.29, 1.82) is 0 Å². The minimum atomic E-state index is -0.340. The largest absolute Gasteiger partial charge is 0.290 e. The van der Waals surface area contributed by atoms with Crippen LogP contribution in [0.25, 0.3) is 5.00 Å². The molecule has 0 radical (unpaired) electrons. The predicted molar refractivity (Wildman–Crippen MR) is 53.1 cm³/mol. The van der Waals surface area contributed by atoms with Gasteiger partial charge in [-0.2, -0.15) is 5.10 Å². The number of thiophene rings is 1. The molecule has 0 fully saturated rings.